The molecule has 0 atom stereocenters. The van der Waals surface area contributed by atoms with E-state index in [0.717, 1.165) is 22.6 Å². The second-order valence-corrected chi connectivity index (χ2v) is 9.36. The smallest absolute Gasteiger partial charge is 0.263 e. The third-order valence-electron chi connectivity index (χ3n) is 6.36. The highest BCUT2D eigenvalue weighted by Crippen LogP contribution is 2.31. The number of para-hydroxylation sites is 1. The van der Waals surface area contributed by atoms with Gasteiger partial charge in [0, 0.05) is 6.20 Å². The molecule has 0 saturated carbocycles. The zero-order valence-electron chi connectivity index (χ0n) is 23.3. The van der Waals surface area contributed by atoms with E-state index in [1.54, 1.807) is 30.2 Å². The van der Waals surface area contributed by atoms with Crippen LogP contribution in [0.4, 0.5) is 0 Å². The van der Waals surface area contributed by atoms with Gasteiger partial charge < -0.3 is 28.0 Å². The van der Waals surface area contributed by atoms with Gasteiger partial charge >= 0.3 is 0 Å². The molecule has 212 valence electrons. The second-order valence-electron chi connectivity index (χ2n) is 9.36. The Balaban J connectivity index is 1.17. The van der Waals surface area contributed by atoms with Crippen molar-refractivity contribution in [3.8, 4) is 34.7 Å². The Bertz CT molecular complexity index is 1800. The van der Waals surface area contributed by atoms with E-state index >= 15 is 0 Å². The van der Waals surface area contributed by atoms with Crippen molar-refractivity contribution in [2.75, 3.05) is 7.11 Å². The fourth-order valence-corrected chi connectivity index (χ4v) is 4.21. The number of oxazole rings is 1. The Morgan fingerprint density at radius 2 is 1.81 bits per heavy atom. The molecule has 11 heteroatoms. The van der Waals surface area contributed by atoms with E-state index in [4.69, 9.17) is 23.0 Å². The number of rotatable bonds is 11. The first-order chi connectivity index (χ1) is 20.6. The number of nitrogens with one attached hydrogen (secondary N) is 1. The van der Waals surface area contributed by atoms with Crippen molar-refractivity contribution in [2.24, 2.45) is 0 Å². The molecule has 4 heterocycles. The third kappa shape index (κ3) is 5.94. The molecule has 0 radical (unpaired) electrons. The summed E-state index contributed by atoms with van der Waals surface area (Å²) in [5, 5.41) is 12.8. The molecule has 6 aromatic rings. The van der Waals surface area contributed by atoms with Gasteiger partial charge in [0.15, 0.2) is 23.1 Å². The third-order valence-corrected chi connectivity index (χ3v) is 6.36. The number of methoxy groups -OCH3 is 1. The van der Waals surface area contributed by atoms with Crippen LogP contribution in [0.5, 0.6) is 17.4 Å². The van der Waals surface area contributed by atoms with Gasteiger partial charge in [-0.1, -0.05) is 24.3 Å². The van der Waals surface area contributed by atoms with Crippen LogP contribution in [-0.2, 0) is 13.2 Å². The molecule has 11 nitrogen and oxygen atoms in total. The molecule has 0 unspecified atom stereocenters. The van der Waals surface area contributed by atoms with Gasteiger partial charge in [0.1, 0.15) is 30.5 Å². The van der Waals surface area contributed by atoms with E-state index in [-0.39, 0.29) is 13.2 Å². The lowest BCUT2D eigenvalue weighted by atomic mass is 10.2. The number of ether oxygens (including phenoxy) is 3. The minimum absolute atomic E-state index is 0.208. The molecule has 6 rings (SSSR count). The normalized spacial score (nSPS) is 11.3. The number of furan rings is 1. The van der Waals surface area contributed by atoms with Crippen molar-refractivity contribution in [3.63, 3.8) is 0 Å². The highest BCUT2D eigenvalue weighted by Gasteiger charge is 2.16. The summed E-state index contributed by atoms with van der Waals surface area (Å²) >= 11 is 0. The maximum absolute atomic E-state index is 6.18. The van der Waals surface area contributed by atoms with Crippen molar-refractivity contribution in [1.29, 1.82) is 0 Å². The van der Waals surface area contributed by atoms with Gasteiger partial charge in [-0.15, -0.1) is 15.3 Å². The average Bonchev–Trinajstić information content (AvgIpc) is 3.82. The van der Waals surface area contributed by atoms with Gasteiger partial charge in [-0.05, 0) is 68.0 Å². The molecule has 4 aromatic heterocycles. The molecular formula is C31H28N6O5. The van der Waals surface area contributed by atoms with Crippen LogP contribution in [0.3, 0.4) is 0 Å². The quantitative estimate of drug-likeness (QED) is 0.196. The van der Waals surface area contributed by atoms with Crippen LogP contribution in [0.15, 0.2) is 82.0 Å². The molecule has 0 aliphatic rings. The lowest BCUT2D eigenvalue weighted by molar-refractivity contribution is 0.275. The largest absolute Gasteiger partial charge is 0.493 e. The summed E-state index contributed by atoms with van der Waals surface area (Å²) in [4.78, 5) is 7.60. The number of aromatic nitrogens is 6. The van der Waals surface area contributed by atoms with Crippen LogP contribution >= 0.6 is 0 Å². The van der Waals surface area contributed by atoms with Crippen molar-refractivity contribution in [1.82, 2.24) is 29.9 Å². The summed E-state index contributed by atoms with van der Waals surface area (Å²) in [6.07, 6.45) is 7.21. The summed E-state index contributed by atoms with van der Waals surface area (Å²) in [5.41, 5.74) is 3.26. The number of aromatic amines is 1. The molecule has 2 aromatic carbocycles. The fourth-order valence-electron chi connectivity index (χ4n) is 4.21. The first-order valence-electron chi connectivity index (χ1n) is 13.2. The zero-order chi connectivity index (χ0) is 28.9. The van der Waals surface area contributed by atoms with Crippen LogP contribution in [0, 0.1) is 13.8 Å². The van der Waals surface area contributed by atoms with Gasteiger partial charge in [-0.25, -0.2) is 9.67 Å². The molecule has 0 bridgehead atoms. The summed E-state index contributed by atoms with van der Waals surface area (Å²) in [7, 11) is 1.60. The Kier molecular flexibility index (Phi) is 7.54. The number of aryl methyl sites for hydroxylation is 2. The molecule has 0 saturated heterocycles. The maximum Gasteiger partial charge on any atom is 0.263 e. The molecule has 0 fully saturated rings. The van der Waals surface area contributed by atoms with Crippen LogP contribution in [0.1, 0.15) is 34.2 Å². The first kappa shape index (κ1) is 26.6. The first-order valence-corrected chi connectivity index (χ1v) is 13.2. The SMILES string of the molecule is COc1cc(COc2nn(-c3ccccc3)cc2C=Cc2nnc(C)[nH]2)ccc1OCc1nc(-c2ccco2)oc1C. The number of hydrogen-bond acceptors (Lipinski definition) is 9. The van der Waals surface area contributed by atoms with E-state index < -0.39 is 0 Å². The Morgan fingerprint density at radius 3 is 2.57 bits per heavy atom. The molecule has 1 N–H and O–H groups in total. The van der Waals surface area contributed by atoms with E-state index in [0.29, 0.717) is 46.3 Å². The highest BCUT2D eigenvalue weighted by molar-refractivity contribution is 5.69. The van der Waals surface area contributed by atoms with E-state index in [1.165, 1.54) is 0 Å². The molecule has 0 spiro atoms. The van der Waals surface area contributed by atoms with Gasteiger partial charge in [-0.2, -0.15) is 0 Å². The Morgan fingerprint density at radius 1 is 0.929 bits per heavy atom. The minimum Gasteiger partial charge on any atom is -0.493 e. The fraction of sp³-hybridized carbons (Fsp3) is 0.161. The Hall–Kier alpha value is -5.58. The van der Waals surface area contributed by atoms with Crippen molar-refractivity contribution in [2.45, 2.75) is 27.1 Å². The van der Waals surface area contributed by atoms with E-state index in [2.05, 4.69) is 25.3 Å². The van der Waals surface area contributed by atoms with Gasteiger partial charge in [0.2, 0.25) is 5.88 Å². The highest BCUT2D eigenvalue weighted by atomic mass is 16.5. The van der Waals surface area contributed by atoms with Crippen molar-refractivity contribution < 1.29 is 23.0 Å². The predicted molar refractivity (Wildman–Crippen MR) is 154 cm³/mol. The Labute approximate surface area is 241 Å². The molecule has 0 aliphatic heterocycles. The summed E-state index contributed by atoms with van der Waals surface area (Å²) in [6, 6.07) is 19.1. The number of benzene rings is 2. The summed E-state index contributed by atoms with van der Waals surface area (Å²) in [6.45, 7) is 4.16. The van der Waals surface area contributed by atoms with Gasteiger partial charge in [-0.3, -0.25) is 0 Å². The summed E-state index contributed by atoms with van der Waals surface area (Å²) < 4.78 is 30.7. The van der Waals surface area contributed by atoms with Crippen LogP contribution in [0.2, 0.25) is 0 Å². The molecule has 42 heavy (non-hydrogen) atoms. The van der Waals surface area contributed by atoms with E-state index in [1.807, 2.05) is 80.7 Å². The number of hydrogen-bond donors (Lipinski definition) is 1. The van der Waals surface area contributed by atoms with Crippen LogP contribution in [-0.4, -0.2) is 37.1 Å². The van der Waals surface area contributed by atoms with Gasteiger partial charge in [0.05, 0.1) is 24.6 Å². The van der Waals surface area contributed by atoms with Crippen molar-refractivity contribution in [3.05, 3.63) is 107 Å². The zero-order valence-corrected chi connectivity index (χ0v) is 23.3. The van der Waals surface area contributed by atoms with E-state index in [9.17, 15) is 0 Å². The molecule has 0 amide bonds. The van der Waals surface area contributed by atoms with Crippen LogP contribution < -0.4 is 14.2 Å². The lowest BCUT2D eigenvalue weighted by Gasteiger charge is -2.12. The maximum atomic E-state index is 6.18. The monoisotopic (exact) mass is 564 g/mol. The van der Waals surface area contributed by atoms with Crippen molar-refractivity contribution >= 4 is 12.2 Å². The standard InChI is InChI=1S/C31H28N6O5/c1-20-25(33-31(42-20)27-10-7-15-39-27)19-40-26-13-11-22(16-28(26)38-3)18-41-30-23(12-14-29-32-21(2)34-35-29)17-37(36-30)24-8-5-4-6-9-24/h4-17H,18-19H2,1-3H3,(H,32,34,35). The lowest BCUT2D eigenvalue weighted by Crippen LogP contribution is -2.02. The summed E-state index contributed by atoms with van der Waals surface area (Å²) in [5.74, 6) is 4.62. The average molecular weight is 565 g/mol. The van der Waals surface area contributed by atoms with Gasteiger partial charge in [0.25, 0.3) is 5.89 Å². The molecular weight excluding hydrogens is 536 g/mol. The molecule has 0 aliphatic carbocycles. The predicted octanol–water partition coefficient (Wildman–Crippen LogP) is 6.19. The number of H-pyrrole nitrogens is 1. The minimum atomic E-state index is 0.208. The number of nitrogens with zero attached hydrogens (tertiary/aromatic N) is 5. The van der Waals surface area contributed by atoms with Crippen LogP contribution in [0.25, 0.3) is 29.5 Å². The topological polar surface area (TPSA) is 126 Å². The second kappa shape index (κ2) is 11.9.